The molecule has 7 rings (SSSR count). The van der Waals surface area contributed by atoms with Gasteiger partial charge in [-0.2, -0.15) is 0 Å². The van der Waals surface area contributed by atoms with Crippen LogP contribution in [0.15, 0.2) is 23.8 Å². The zero-order valence-electron chi connectivity index (χ0n) is 21.9. The molecule has 6 heterocycles. The summed E-state index contributed by atoms with van der Waals surface area (Å²) in [5.74, 6) is -0.0437. The van der Waals surface area contributed by atoms with E-state index in [1.807, 2.05) is 0 Å². The van der Waals surface area contributed by atoms with E-state index in [1.54, 1.807) is 0 Å². The molecule has 236 valence electrons. The molecule has 2 aliphatic heterocycles. The van der Waals surface area contributed by atoms with Crippen LogP contribution in [-0.4, -0.2) is 92.6 Å². The first kappa shape index (κ1) is 30.1. The van der Waals surface area contributed by atoms with Crippen LogP contribution in [0.4, 0.5) is 16.0 Å². The van der Waals surface area contributed by atoms with Gasteiger partial charge in [0.05, 0.1) is 25.1 Å². The van der Waals surface area contributed by atoms with Gasteiger partial charge in [0.25, 0.3) is 5.56 Å². The third-order valence-corrected chi connectivity index (χ3v) is 10.7. The van der Waals surface area contributed by atoms with Crippen molar-refractivity contribution in [3.63, 3.8) is 0 Å². The second kappa shape index (κ2) is 10.7. The first-order valence-corrected chi connectivity index (χ1v) is 18.1. The van der Waals surface area contributed by atoms with Crippen molar-refractivity contribution in [3.05, 3.63) is 29.3 Å². The molecule has 0 spiro atoms. The molecule has 0 amide bonds. The van der Waals surface area contributed by atoms with E-state index in [0.29, 0.717) is 0 Å². The molecule has 3 aliphatic rings. The van der Waals surface area contributed by atoms with Crippen LogP contribution in [0.5, 0.6) is 0 Å². The Balaban J connectivity index is 1.22. The number of halogens is 1. The van der Waals surface area contributed by atoms with Crippen molar-refractivity contribution < 1.29 is 41.8 Å². The number of aliphatic hydroxyl groups is 1. The number of anilines is 2. The van der Waals surface area contributed by atoms with Crippen LogP contribution in [0.25, 0.3) is 22.2 Å². The average molecular weight is 693 g/mol. The molecule has 1 aliphatic carbocycles. The summed E-state index contributed by atoms with van der Waals surface area (Å²) in [6.07, 6.45) is -7.38. The normalized spacial score (nSPS) is 38.0. The smallest absolute Gasteiger partial charge is 0.386 e. The lowest BCUT2D eigenvalue weighted by Gasteiger charge is -2.30. The number of nitrogens with one attached hydrogen (secondary N) is 1. The van der Waals surface area contributed by atoms with Crippen LogP contribution in [0.3, 0.4) is 0 Å². The van der Waals surface area contributed by atoms with Crippen molar-refractivity contribution in [2.75, 3.05) is 18.1 Å². The zero-order chi connectivity index (χ0) is 31.1. The maximum absolute atomic E-state index is 16.1. The van der Waals surface area contributed by atoms with E-state index < -0.39 is 74.6 Å². The van der Waals surface area contributed by atoms with Gasteiger partial charge < -0.3 is 30.7 Å². The van der Waals surface area contributed by atoms with Crippen molar-refractivity contribution in [2.45, 2.75) is 55.4 Å². The molecule has 44 heavy (non-hydrogen) atoms. The highest BCUT2D eigenvalue weighted by Crippen LogP contribution is 2.60. The molecule has 2 saturated heterocycles. The highest BCUT2D eigenvalue weighted by molar-refractivity contribution is 8.44. The summed E-state index contributed by atoms with van der Waals surface area (Å²) < 4.78 is 60.4. The van der Waals surface area contributed by atoms with Crippen molar-refractivity contribution in [3.8, 4) is 0 Å². The minimum Gasteiger partial charge on any atom is -0.388 e. The summed E-state index contributed by atoms with van der Waals surface area (Å²) in [4.78, 5) is 43.7. The number of ether oxygens (including phenoxy) is 1. The predicted octanol–water partition coefficient (Wildman–Crippen LogP) is 0.106. The van der Waals surface area contributed by atoms with E-state index in [4.69, 9.17) is 46.1 Å². The zero-order valence-corrected chi connectivity index (χ0v) is 25.4. The Labute approximate surface area is 255 Å². The molecular formula is C20H23FN10O9P2S2. The fourth-order valence-corrected chi connectivity index (χ4v) is 8.91. The van der Waals surface area contributed by atoms with Crippen LogP contribution in [-0.2, 0) is 39.2 Å². The average Bonchev–Trinajstić information content (AvgIpc) is 3.68. The molecule has 4 aromatic rings. The summed E-state index contributed by atoms with van der Waals surface area (Å²) in [5, 5.41) is 13.7. The fourth-order valence-electron chi connectivity index (χ4n) is 5.63. The van der Waals surface area contributed by atoms with E-state index in [1.165, 1.54) is 21.9 Å². The number of imidazole rings is 1. The number of H-pyrrole nitrogens is 1. The van der Waals surface area contributed by atoms with Gasteiger partial charge in [-0.05, 0) is 11.8 Å². The Morgan fingerprint density at radius 3 is 2.57 bits per heavy atom. The molecular weight excluding hydrogens is 669 g/mol. The predicted molar refractivity (Wildman–Crippen MR) is 154 cm³/mol. The van der Waals surface area contributed by atoms with Gasteiger partial charge in [0.1, 0.15) is 53.8 Å². The second-order valence-electron chi connectivity index (χ2n) is 10.2. The van der Waals surface area contributed by atoms with Crippen molar-refractivity contribution in [1.82, 2.24) is 39.3 Å². The van der Waals surface area contributed by atoms with Gasteiger partial charge in [0, 0.05) is 6.42 Å². The van der Waals surface area contributed by atoms with Crippen LogP contribution in [0.2, 0.25) is 0 Å². The Morgan fingerprint density at radius 2 is 1.80 bits per heavy atom. The molecule has 10 atom stereocenters. The molecule has 2 bridgehead atoms. The van der Waals surface area contributed by atoms with Gasteiger partial charge in [0.2, 0.25) is 0 Å². The van der Waals surface area contributed by atoms with E-state index in [2.05, 4.69) is 42.3 Å². The minimum absolute atomic E-state index is 0.0303. The number of alkyl halides is 1. The SMILES string of the molecule is Nc1ncnc2c1ncn2[C@@H]1O[C@@H]2COP(=O)(S)O[C@@H]3[C@H](O)[C@H](C[C@H]3n3[nH]c(=O)c4c(N)ncnc43)OP(O)(=S)O[C@H]2[C@H]1F. The number of fused-ring (bicyclic) bond motifs is 5. The maximum Gasteiger partial charge on any atom is 0.386 e. The van der Waals surface area contributed by atoms with E-state index in [-0.39, 0.29) is 40.3 Å². The van der Waals surface area contributed by atoms with Crippen molar-refractivity contribution in [1.29, 1.82) is 0 Å². The standard InChI is InChI=1S/C20H23FN10O9P2S2/c21-10-14-8(37-20(10)30-5-28-11-16(23)25-4-27-18(11)30)2-36-41(34,43)39-13-6(1-7(12(13)32)38-42(35,44)40-14)31-17-9(19(33)29-31)15(22)24-3-26-17/h3-8,10,12-14,20,32H,1-2H2,(H,29,33)(H,34,43)(H,35,44)(H2,22,24,26)(H2,23,25,27)/t6-,7+,8-,10-,12-,13+,14-,20-,41?,42?/m1/s1. The molecule has 0 radical (unpaired) electrons. The Kier molecular flexibility index (Phi) is 7.33. The first-order chi connectivity index (χ1) is 20.8. The van der Waals surface area contributed by atoms with Crippen LogP contribution < -0.4 is 17.0 Å². The number of hydrogen-bond acceptors (Lipinski definition) is 16. The number of nitrogen functional groups attached to an aromatic ring is 2. The highest BCUT2D eigenvalue weighted by atomic mass is 32.7. The quantitative estimate of drug-likeness (QED) is 0.120. The maximum atomic E-state index is 16.1. The number of aliphatic hydroxyl groups excluding tert-OH is 1. The second-order valence-corrected chi connectivity index (χ2v) is 15.8. The summed E-state index contributed by atoms with van der Waals surface area (Å²) in [5.41, 5.74) is 11.5. The fraction of sp³-hybridized carbons (Fsp3) is 0.500. The summed E-state index contributed by atoms with van der Waals surface area (Å²) in [7, 11) is 0. The third kappa shape index (κ3) is 5.03. The molecule has 1 saturated carbocycles. The third-order valence-electron chi connectivity index (χ3n) is 7.54. The number of aromatic nitrogens is 8. The summed E-state index contributed by atoms with van der Waals surface area (Å²) >= 11 is 9.29. The molecule has 2 unspecified atom stereocenters. The molecule has 4 aromatic heterocycles. The number of nitrogens with zero attached hydrogens (tertiary/aromatic N) is 7. The minimum atomic E-state index is -4.35. The van der Waals surface area contributed by atoms with Crippen molar-refractivity contribution >= 4 is 71.4 Å². The van der Waals surface area contributed by atoms with Gasteiger partial charge >= 0.3 is 13.5 Å². The van der Waals surface area contributed by atoms with Crippen LogP contribution in [0.1, 0.15) is 18.7 Å². The van der Waals surface area contributed by atoms with E-state index in [0.717, 1.165) is 6.33 Å². The number of aromatic amines is 1. The molecule has 19 nitrogen and oxygen atoms in total. The van der Waals surface area contributed by atoms with E-state index in [9.17, 15) is 19.4 Å². The van der Waals surface area contributed by atoms with Crippen molar-refractivity contribution in [2.24, 2.45) is 0 Å². The van der Waals surface area contributed by atoms with Gasteiger partial charge in [0.15, 0.2) is 29.5 Å². The van der Waals surface area contributed by atoms with Gasteiger partial charge in [-0.1, -0.05) is 12.2 Å². The van der Waals surface area contributed by atoms with Crippen LogP contribution in [0, 0.1) is 0 Å². The lowest BCUT2D eigenvalue weighted by atomic mass is 10.1. The number of rotatable bonds is 2. The lowest BCUT2D eigenvalue weighted by molar-refractivity contribution is -0.0541. The topological polar surface area (TPSA) is 263 Å². The monoisotopic (exact) mass is 692 g/mol. The Hall–Kier alpha value is -2.62. The Bertz CT molecular complexity index is 1930. The highest BCUT2D eigenvalue weighted by Gasteiger charge is 2.54. The molecule has 24 heteroatoms. The van der Waals surface area contributed by atoms with Gasteiger partial charge in [-0.3, -0.25) is 32.7 Å². The van der Waals surface area contributed by atoms with Crippen LogP contribution >= 0.6 is 25.8 Å². The van der Waals surface area contributed by atoms with Gasteiger partial charge in [-0.25, -0.2) is 33.9 Å². The molecule has 7 N–H and O–H groups in total. The van der Waals surface area contributed by atoms with Gasteiger partial charge in [-0.15, -0.1) is 0 Å². The number of thiol groups is 1. The van der Waals surface area contributed by atoms with E-state index >= 15 is 4.39 Å². The largest absolute Gasteiger partial charge is 0.388 e. The molecule has 3 fully saturated rings. The number of hydrogen-bond donors (Lipinski definition) is 6. The summed E-state index contributed by atoms with van der Waals surface area (Å²) in [6, 6.07) is -1.02. The first-order valence-electron chi connectivity index (χ1n) is 12.8. The molecule has 0 aromatic carbocycles. The summed E-state index contributed by atoms with van der Waals surface area (Å²) in [6.45, 7) is -9.30. The Morgan fingerprint density at radius 1 is 1.07 bits per heavy atom. The lowest BCUT2D eigenvalue weighted by Crippen LogP contribution is -2.37. The number of nitrogens with two attached hydrogens (primary N) is 2.